The number of nitrogens with one attached hydrogen (secondary N) is 2. The van der Waals surface area contributed by atoms with Crippen LogP contribution in [-0.2, 0) is 14.4 Å². The molecule has 23 heavy (non-hydrogen) atoms. The number of hydroxylamine groups is 1. The summed E-state index contributed by atoms with van der Waals surface area (Å²) >= 11 is 0. The molecule has 6 nitrogen and oxygen atoms in total. The Balaban J connectivity index is 1.77. The smallest absolute Gasteiger partial charge is 0.266 e. The molecular weight excluding hydrogens is 293 g/mol. The van der Waals surface area contributed by atoms with Crippen molar-refractivity contribution in [3.8, 4) is 0 Å². The monoisotopic (exact) mass is 321 g/mol. The molecule has 2 heterocycles. The molecule has 0 aromatic heterocycles. The summed E-state index contributed by atoms with van der Waals surface area (Å²) in [5.74, 6) is 0.700. The van der Waals surface area contributed by atoms with E-state index in [-0.39, 0.29) is 17.9 Å². The van der Waals surface area contributed by atoms with Gasteiger partial charge in [0.1, 0.15) is 6.04 Å². The maximum atomic E-state index is 12.3. The van der Waals surface area contributed by atoms with Crippen molar-refractivity contribution in [2.75, 3.05) is 19.7 Å². The zero-order valence-corrected chi connectivity index (χ0v) is 14.2. The predicted octanol–water partition coefficient (Wildman–Crippen LogP) is 0.636. The van der Waals surface area contributed by atoms with Crippen LogP contribution >= 0.6 is 0 Å². The lowest BCUT2D eigenvalue weighted by molar-refractivity contribution is -0.149. The number of hydrogen-bond donors (Lipinski definition) is 2. The van der Waals surface area contributed by atoms with Crippen LogP contribution in [-0.4, -0.2) is 56.3 Å². The summed E-state index contributed by atoms with van der Waals surface area (Å²) in [4.78, 5) is 31.2. The zero-order valence-electron chi connectivity index (χ0n) is 14.2. The first-order valence-corrected chi connectivity index (χ1v) is 8.67. The van der Waals surface area contributed by atoms with E-state index in [1.807, 2.05) is 0 Å². The molecule has 128 valence electrons. The fraction of sp³-hybridized carbons (Fsp3) is 0.875. The van der Waals surface area contributed by atoms with E-state index in [9.17, 15) is 9.59 Å². The molecule has 2 fully saturated rings. The fourth-order valence-corrected chi connectivity index (χ4v) is 3.49. The van der Waals surface area contributed by atoms with Crippen molar-refractivity contribution in [1.82, 2.24) is 15.7 Å². The van der Waals surface area contributed by atoms with Gasteiger partial charge in [-0.25, -0.2) is 5.48 Å². The summed E-state index contributed by atoms with van der Waals surface area (Å²) in [7, 11) is 5.65. The molecule has 2 aliphatic heterocycles. The highest BCUT2D eigenvalue weighted by atomic mass is 16.7. The third-order valence-electron chi connectivity index (χ3n) is 5.07. The number of carbonyl (C=O) groups excluding carboxylic acids is 2. The first-order valence-electron chi connectivity index (χ1n) is 8.67. The third kappa shape index (κ3) is 4.95. The normalized spacial score (nSPS) is 31.1. The average molecular weight is 321 g/mol. The number of amides is 2. The van der Waals surface area contributed by atoms with Gasteiger partial charge >= 0.3 is 0 Å². The van der Waals surface area contributed by atoms with E-state index in [4.69, 9.17) is 12.7 Å². The fourth-order valence-electron chi connectivity index (χ4n) is 3.49. The Morgan fingerprint density at radius 3 is 2.74 bits per heavy atom. The summed E-state index contributed by atoms with van der Waals surface area (Å²) < 4.78 is 0. The maximum absolute atomic E-state index is 12.3. The van der Waals surface area contributed by atoms with E-state index in [0.29, 0.717) is 37.7 Å². The highest BCUT2D eigenvalue weighted by molar-refractivity contribution is 6.08. The van der Waals surface area contributed by atoms with Crippen LogP contribution < -0.4 is 10.8 Å². The molecule has 0 aliphatic carbocycles. The molecule has 0 bridgehead atoms. The second-order valence-corrected chi connectivity index (χ2v) is 6.76. The first-order chi connectivity index (χ1) is 11.0. The molecule has 2 N–H and O–H groups in total. The molecule has 4 atom stereocenters. The molecule has 2 rings (SSSR count). The lowest BCUT2D eigenvalue weighted by Gasteiger charge is -2.37. The van der Waals surface area contributed by atoms with Gasteiger partial charge in [0.05, 0.1) is 14.5 Å². The van der Waals surface area contributed by atoms with Crippen LogP contribution in [0.25, 0.3) is 0 Å². The number of rotatable bonds is 6. The van der Waals surface area contributed by atoms with E-state index in [2.05, 4.69) is 17.7 Å². The highest BCUT2D eigenvalue weighted by Gasteiger charge is 2.34. The SMILES string of the molecule is [B]CC1CNC(CONC(=O)[C@@H]2CCC(CC)CN2C(C)=O)C1. The number of nitrogens with zero attached hydrogens (tertiary/aromatic N) is 1. The van der Waals surface area contributed by atoms with Crippen molar-refractivity contribution < 1.29 is 14.4 Å². The van der Waals surface area contributed by atoms with Crippen LogP contribution in [0.5, 0.6) is 0 Å². The van der Waals surface area contributed by atoms with Gasteiger partial charge in [-0.05, 0) is 37.6 Å². The minimum Gasteiger partial charge on any atom is -0.331 e. The van der Waals surface area contributed by atoms with E-state index < -0.39 is 6.04 Å². The van der Waals surface area contributed by atoms with Crippen LogP contribution in [0, 0.1) is 11.8 Å². The van der Waals surface area contributed by atoms with Gasteiger partial charge in [-0.2, -0.15) is 0 Å². The molecular formula is C16H28BN3O3. The third-order valence-corrected chi connectivity index (χ3v) is 5.07. The average Bonchev–Trinajstić information content (AvgIpc) is 3.02. The first kappa shape index (κ1) is 18.3. The maximum Gasteiger partial charge on any atom is 0.266 e. The summed E-state index contributed by atoms with van der Waals surface area (Å²) in [6, 6.07) is -0.188. The summed E-state index contributed by atoms with van der Waals surface area (Å²) in [6.45, 7) is 5.63. The largest absolute Gasteiger partial charge is 0.331 e. The Morgan fingerprint density at radius 2 is 2.13 bits per heavy atom. The van der Waals surface area contributed by atoms with Gasteiger partial charge < -0.3 is 10.2 Å². The summed E-state index contributed by atoms with van der Waals surface area (Å²) in [5.41, 5.74) is 2.53. The second kappa shape index (κ2) is 8.69. The van der Waals surface area contributed by atoms with Gasteiger partial charge in [-0.3, -0.25) is 14.4 Å². The van der Waals surface area contributed by atoms with E-state index in [1.54, 1.807) is 4.90 Å². The molecule has 2 aliphatic rings. The van der Waals surface area contributed by atoms with Crippen molar-refractivity contribution in [3.63, 3.8) is 0 Å². The van der Waals surface area contributed by atoms with Crippen LogP contribution in [0.4, 0.5) is 0 Å². The van der Waals surface area contributed by atoms with Gasteiger partial charge in [0.2, 0.25) is 5.91 Å². The summed E-state index contributed by atoms with van der Waals surface area (Å²) in [5, 5.41) is 3.33. The van der Waals surface area contributed by atoms with Gasteiger partial charge in [-0.1, -0.05) is 19.7 Å². The topological polar surface area (TPSA) is 70.7 Å². The molecule has 7 heteroatoms. The Bertz CT molecular complexity index is 421. The molecule has 0 aromatic rings. The van der Waals surface area contributed by atoms with Crippen molar-refractivity contribution >= 4 is 19.7 Å². The van der Waals surface area contributed by atoms with Gasteiger partial charge in [0, 0.05) is 19.5 Å². The van der Waals surface area contributed by atoms with Gasteiger partial charge in [-0.15, -0.1) is 0 Å². The molecule has 3 unspecified atom stereocenters. The van der Waals surface area contributed by atoms with Crippen molar-refractivity contribution in [2.24, 2.45) is 11.8 Å². The van der Waals surface area contributed by atoms with Crippen LogP contribution in [0.3, 0.4) is 0 Å². The van der Waals surface area contributed by atoms with E-state index in [0.717, 1.165) is 25.8 Å². The lowest BCUT2D eigenvalue weighted by Crippen LogP contribution is -2.53. The quantitative estimate of drug-likeness (QED) is 0.556. The standard InChI is InChI=1S/C16H28BN3O3/c1-3-12-4-5-15(20(9-12)11(2)21)16(22)19-23-10-14-6-13(7-17)8-18-14/h12-15,18H,3-10H2,1-2H3,(H,19,22)/t12?,13?,14?,15-/m0/s1. The van der Waals surface area contributed by atoms with Crippen LogP contribution in [0.1, 0.15) is 39.5 Å². The second-order valence-electron chi connectivity index (χ2n) is 6.76. The number of hydrogen-bond acceptors (Lipinski definition) is 4. The van der Waals surface area contributed by atoms with Crippen molar-refractivity contribution in [3.05, 3.63) is 0 Å². The molecule has 2 saturated heterocycles. The molecule has 2 radical (unpaired) electrons. The number of carbonyl (C=O) groups is 2. The lowest BCUT2D eigenvalue weighted by atomic mass is 9.89. The Hall–Kier alpha value is -1.08. The van der Waals surface area contributed by atoms with Crippen molar-refractivity contribution in [2.45, 2.75) is 57.9 Å². The minimum atomic E-state index is -0.413. The minimum absolute atomic E-state index is 0.0495. The number of likely N-dealkylation sites (tertiary alicyclic amines) is 1. The molecule has 0 saturated carbocycles. The van der Waals surface area contributed by atoms with E-state index in [1.165, 1.54) is 6.92 Å². The van der Waals surface area contributed by atoms with Crippen LogP contribution in [0.15, 0.2) is 0 Å². The Morgan fingerprint density at radius 1 is 1.35 bits per heavy atom. The van der Waals surface area contributed by atoms with Crippen molar-refractivity contribution in [1.29, 1.82) is 0 Å². The van der Waals surface area contributed by atoms with Gasteiger partial charge in [0.15, 0.2) is 0 Å². The van der Waals surface area contributed by atoms with E-state index >= 15 is 0 Å². The number of piperidine rings is 1. The Labute approximate surface area is 140 Å². The Kier molecular flexibility index (Phi) is 6.90. The van der Waals surface area contributed by atoms with Crippen LogP contribution in [0.2, 0.25) is 6.32 Å². The van der Waals surface area contributed by atoms with Gasteiger partial charge in [0.25, 0.3) is 5.91 Å². The predicted molar refractivity (Wildman–Crippen MR) is 88.7 cm³/mol. The highest BCUT2D eigenvalue weighted by Crippen LogP contribution is 2.24. The molecule has 0 aromatic carbocycles. The molecule has 2 amide bonds. The molecule has 0 spiro atoms. The summed E-state index contributed by atoms with van der Waals surface area (Å²) in [6.07, 6.45) is 4.34. The zero-order chi connectivity index (χ0) is 16.8.